The number of aromatic nitrogens is 3. The van der Waals surface area contributed by atoms with Crippen molar-refractivity contribution in [3.63, 3.8) is 0 Å². The lowest BCUT2D eigenvalue weighted by Gasteiger charge is -2.27. The van der Waals surface area contributed by atoms with E-state index in [1.807, 2.05) is 15.5 Å². The summed E-state index contributed by atoms with van der Waals surface area (Å²) in [4.78, 5) is 51.1. The first-order valence-electron chi connectivity index (χ1n) is 13.2. The quantitative estimate of drug-likeness (QED) is 0.265. The molecule has 10 heteroatoms. The van der Waals surface area contributed by atoms with Crippen LogP contribution < -0.4 is 15.2 Å². The Morgan fingerprint density at radius 1 is 1.13 bits per heavy atom. The molecule has 2 aliphatic rings. The molecule has 0 bridgehead atoms. The molecule has 1 saturated heterocycles. The van der Waals surface area contributed by atoms with Gasteiger partial charge in [-0.15, -0.1) is 0 Å². The number of nitrogens with zero attached hydrogens (tertiary/aromatic N) is 5. The average Bonchev–Trinajstić information content (AvgIpc) is 3.61. The molecule has 200 valence electrons. The number of ether oxygens (including phenoxy) is 1. The van der Waals surface area contributed by atoms with Crippen molar-refractivity contribution in [3.05, 3.63) is 65.1 Å². The summed E-state index contributed by atoms with van der Waals surface area (Å²) in [7, 11) is 0. The molecule has 1 aliphatic heterocycles. The van der Waals surface area contributed by atoms with Gasteiger partial charge in [-0.2, -0.15) is 4.98 Å². The maximum atomic E-state index is 13.2. The van der Waals surface area contributed by atoms with Crippen molar-refractivity contribution < 1.29 is 18.7 Å². The Kier molecular flexibility index (Phi) is 6.48. The Hall–Kier alpha value is -4.31. The predicted octanol–water partition coefficient (Wildman–Crippen LogP) is 4.54. The molecule has 39 heavy (non-hydrogen) atoms. The van der Waals surface area contributed by atoms with E-state index >= 15 is 0 Å². The number of ketones is 1. The van der Waals surface area contributed by atoms with E-state index in [-0.39, 0.29) is 23.2 Å². The van der Waals surface area contributed by atoms with Crippen LogP contribution in [0.15, 0.2) is 58.4 Å². The van der Waals surface area contributed by atoms with Crippen molar-refractivity contribution >= 4 is 51.2 Å². The molecule has 0 radical (unpaired) electrons. The monoisotopic (exact) mass is 527 g/mol. The van der Waals surface area contributed by atoms with Crippen LogP contribution in [0.5, 0.6) is 0 Å². The third-order valence-electron chi connectivity index (χ3n) is 7.49. The molecule has 2 fully saturated rings. The molecular formula is C29H29N5O5. The van der Waals surface area contributed by atoms with Gasteiger partial charge in [0.1, 0.15) is 11.2 Å². The number of amides is 1. The highest BCUT2D eigenvalue weighted by atomic mass is 16.5. The number of morpholine rings is 1. The van der Waals surface area contributed by atoms with Crippen LogP contribution in [-0.4, -0.2) is 52.5 Å². The van der Waals surface area contributed by atoms with Gasteiger partial charge in [-0.25, -0.2) is 9.88 Å². The number of benzene rings is 1. The lowest BCUT2D eigenvalue weighted by atomic mass is 10.2. The van der Waals surface area contributed by atoms with E-state index in [1.165, 1.54) is 17.0 Å². The highest BCUT2D eigenvalue weighted by molar-refractivity contribution is 6.07. The topological polar surface area (TPSA) is 111 Å². The van der Waals surface area contributed by atoms with Crippen LogP contribution in [0.3, 0.4) is 0 Å². The summed E-state index contributed by atoms with van der Waals surface area (Å²) >= 11 is 0. The number of Topliss-reactive ketones (excluding diaryl/α,β-unsaturated/α-hetero) is 1. The molecule has 0 atom stereocenters. The average molecular weight is 528 g/mol. The number of carbonyl (C=O) groups excluding carboxylic acids is 2. The third-order valence-corrected chi connectivity index (χ3v) is 7.49. The second kappa shape index (κ2) is 10.1. The van der Waals surface area contributed by atoms with Gasteiger partial charge >= 0.3 is 0 Å². The molecular weight excluding hydrogens is 498 g/mol. The largest absolute Gasteiger partial charge is 0.440 e. The van der Waals surface area contributed by atoms with Gasteiger partial charge in [0.15, 0.2) is 17.1 Å². The Balaban J connectivity index is 1.48. The second-order valence-electron chi connectivity index (χ2n) is 9.95. The summed E-state index contributed by atoms with van der Waals surface area (Å²) in [5.74, 6) is 0.122. The van der Waals surface area contributed by atoms with Crippen LogP contribution in [-0.2, 0) is 9.53 Å². The van der Waals surface area contributed by atoms with E-state index in [1.54, 1.807) is 31.3 Å². The van der Waals surface area contributed by atoms with E-state index < -0.39 is 5.91 Å². The number of hydrogen-bond donors (Lipinski definition) is 0. The van der Waals surface area contributed by atoms with Gasteiger partial charge < -0.3 is 18.6 Å². The first-order valence-corrected chi connectivity index (χ1v) is 13.2. The zero-order valence-electron chi connectivity index (χ0n) is 21.8. The molecule has 10 nitrogen and oxygen atoms in total. The van der Waals surface area contributed by atoms with E-state index in [0.29, 0.717) is 60.2 Å². The first-order chi connectivity index (χ1) is 18.9. The van der Waals surface area contributed by atoms with Gasteiger partial charge in [0.25, 0.3) is 5.91 Å². The summed E-state index contributed by atoms with van der Waals surface area (Å²) < 4.78 is 13.5. The Morgan fingerprint density at radius 3 is 2.62 bits per heavy atom. The lowest BCUT2D eigenvalue weighted by molar-refractivity contribution is -0.113. The third kappa shape index (κ3) is 4.50. The van der Waals surface area contributed by atoms with Gasteiger partial charge in [-0.05, 0) is 37.1 Å². The fourth-order valence-electron chi connectivity index (χ4n) is 5.55. The van der Waals surface area contributed by atoms with E-state index in [0.717, 1.165) is 31.1 Å². The van der Waals surface area contributed by atoms with Crippen molar-refractivity contribution in [2.45, 2.75) is 38.6 Å². The van der Waals surface area contributed by atoms with Crippen molar-refractivity contribution in [3.8, 4) is 0 Å². The Labute approximate surface area is 224 Å². The molecule has 0 N–H and O–H groups in total. The molecule has 3 aromatic heterocycles. The van der Waals surface area contributed by atoms with Gasteiger partial charge in [0.2, 0.25) is 5.95 Å². The molecule has 1 saturated carbocycles. The molecule has 1 aliphatic carbocycles. The van der Waals surface area contributed by atoms with Crippen LogP contribution >= 0.6 is 0 Å². The summed E-state index contributed by atoms with van der Waals surface area (Å²) in [6.07, 6.45) is 6.94. The summed E-state index contributed by atoms with van der Waals surface area (Å²) in [5.41, 5.74) is 1.81. The minimum absolute atomic E-state index is 0.0406. The number of rotatable bonds is 6. The van der Waals surface area contributed by atoms with Crippen LogP contribution in [0.1, 0.15) is 49.1 Å². The minimum Gasteiger partial charge on any atom is -0.440 e. The highest BCUT2D eigenvalue weighted by Crippen LogP contribution is 2.36. The summed E-state index contributed by atoms with van der Waals surface area (Å²) in [6, 6.07) is 8.42. The molecule has 4 aromatic rings. The van der Waals surface area contributed by atoms with Crippen LogP contribution in [0.4, 0.5) is 17.5 Å². The zero-order chi connectivity index (χ0) is 27.1. The molecule has 1 amide bonds. The van der Waals surface area contributed by atoms with Crippen molar-refractivity contribution in [1.82, 2.24) is 14.5 Å². The van der Waals surface area contributed by atoms with E-state index in [4.69, 9.17) is 14.1 Å². The number of anilines is 3. The second-order valence-corrected chi connectivity index (χ2v) is 9.95. The summed E-state index contributed by atoms with van der Waals surface area (Å²) in [5, 5.41) is 1.14. The molecule has 4 heterocycles. The van der Waals surface area contributed by atoms with E-state index in [2.05, 4.69) is 11.6 Å². The van der Waals surface area contributed by atoms with Gasteiger partial charge in [0.05, 0.1) is 30.0 Å². The predicted molar refractivity (Wildman–Crippen MR) is 148 cm³/mol. The number of hydrogen-bond acceptors (Lipinski definition) is 8. The van der Waals surface area contributed by atoms with Gasteiger partial charge in [0, 0.05) is 49.8 Å². The van der Waals surface area contributed by atoms with Crippen LogP contribution in [0.2, 0.25) is 0 Å². The van der Waals surface area contributed by atoms with E-state index in [9.17, 15) is 14.4 Å². The minimum atomic E-state index is -0.439. The molecule has 0 unspecified atom stereocenters. The van der Waals surface area contributed by atoms with Crippen molar-refractivity contribution in [2.24, 2.45) is 0 Å². The zero-order valence-corrected chi connectivity index (χ0v) is 21.8. The SMILES string of the molecule is C=CC(=O)N(c1ccc2c(=O)cc(N3CCOCC3)oc2c1)c1ncc2cc(C(C)=O)n(C3CCCC3)c2n1. The number of carbonyl (C=O) groups is 2. The first kappa shape index (κ1) is 25.0. The van der Waals surface area contributed by atoms with Crippen LogP contribution in [0.25, 0.3) is 22.0 Å². The van der Waals surface area contributed by atoms with Crippen LogP contribution in [0, 0.1) is 0 Å². The number of fused-ring (bicyclic) bond motifs is 2. The fourth-order valence-corrected chi connectivity index (χ4v) is 5.55. The standard InChI is InChI=1S/C29H29N5O5/c1-3-26(37)34(21-8-9-22-24(36)16-27(39-25(22)15-21)32-10-12-38-13-11-32)29-30-17-19-14-23(18(2)35)33(28(19)31-29)20-6-4-5-7-20/h3,8-9,14-17,20H,1,4-7,10-13H2,2H3. The van der Waals surface area contributed by atoms with Crippen molar-refractivity contribution in [2.75, 3.05) is 36.1 Å². The normalized spacial score (nSPS) is 16.2. The Morgan fingerprint density at radius 2 is 1.90 bits per heavy atom. The molecule has 6 rings (SSSR count). The fraction of sp³-hybridized carbons (Fsp3) is 0.345. The molecule has 0 spiro atoms. The smallest absolute Gasteiger partial charge is 0.257 e. The maximum absolute atomic E-state index is 13.2. The lowest BCUT2D eigenvalue weighted by Crippen LogP contribution is -2.36. The maximum Gasteiger partial charge on any atom is 0.257 e. The highest BCUT2D eigenvalue weighted by Gasteiger charge is 2.27. The van der Waals surface area contributed by atoms with Crippen molar-refractivity contribution in [1.29, 1.82) is 0 Å². The van der Waals surface area contributed by atoms with Gasteiger partial charge in [-0.1, -0.05) is 19.4 Å². The summed E-state index contributed by atoms with van der Waals surface area (Å²) in [6.45, 7) is 7.56. The Bertz CT molecular complexity index is 1660. The van der Waals surface area contributed by atoms with Gasteiger partial charge in [-0.3, -0.25) is 14.4 Å². The molecule has 1 aromatic carbocycles.